The number of H-pyrrole nitrogens is 1. The largest absolute Gasteiger partial charge is 0.486 e. The van der Waals surface area contributed by atoms with Crippen LogP contribution in [0, 0.1) is 0 Å². The van der Waals surface area contributed by atoms with E-state index in [0.29, 0.717) is 18.1 Å². The zero-order valence-electron chi connectivity index (χ0n) is 7.84. The lowest BCUT2D eigenvalue weighted by Gasteiger charge is -2.07. The topological polar surface area (TPSA) is 63.7 Å². The summed E-state index contributed by atoms with van der Waals surface area (Å²) in [4.78, 5) is 15.4. The van der Waals surface area contributed by atoms with Crippen LogP contribution in [0.15, 0.2) is 30.8 Å². The molecule has 0 atom stereocenters. The van der Waals surface area contributed by atoms with Crippen LogP contribution in [0.2, 0.25) is 0 Å². The van der Waals surface area contributed by atoms with Gasteiger partial charge >= 0.3 is 0 Å². The summed E-state index contributed by atoms with van der Waals surface area (Å²) in [7, 11) is 0. The first kappa shape index (κ1) is 8.16. The summed E-state index contributed by atoms with van der Waals surface area (Å²) < 4.78 is 5.43. The Bertz CT molecular complexity index is 522. The van der Waals surface area contributed by atoms with Crippen molar-refractivity contribution < 1.29 is 4.74 Å². The first-order valence-electron chi connectivity index (χ1n) is 4.59. The maximum absolute atomic E-state index is 5.43. The molecule has 1 aliphatic rings. The Kier molecular flexibility index (Phi) is 1.74. The Morgan fingerprint density at radius 1 is 1.40 bits per heavy atom. The lowest BCUT2D eigenvalue weighted by molar-refractivity contribution is 0.313. The zero-order valence-corrected chi connectivity index (χ0v) is 7.84. The van der Waals surface area contributed by atoms with Crippen LogP contribution in [0.3, 0.4) is 0 Å². The number of hydrogen-bond acceptors (Lipinski definition) is 4. The third-order valence-corrected chi connectivity index (χ3v) is 2.11. The van der Waals surface area contributed by atoms with Gasteiger partial charge in [-0.1, -0.05) is 6.08 Å². The van der Waals surface area contributed by atoms with E-state index in [1.165, 1.54) is 6.33 Å². The Balaban J connectivity index is 2.11. The summed E-state index contributed by atoms with van der Waals surface area (Å²) in [5.41, 5.74) is 1.46. The number of aromatic nitrogens is 4. The number of aromatic amines is 1. The van der Waals surface area contributed by atoms with Crippen molar-refractivity contribution in [2.75, 3.05) is 6.61 Å². The van der Waals surface area contributed by atoms with E-state index in [1.807, 2.05) is 18.2 Å². The van der Waals surface area contributed by atoms with E-state index < -0.39 is 0 Å². The minimum absolute atomic E-state index is 0.578. The van der Waals surface area contributed by atoms with Gasteiger partial charge in [0.1, 0.15) is 18.5 Å². The molecule has 2 aromatic rings. The Morgan fingerprint density at radius 3 is 3.20 bits per heavy atom. The smallest absolute Gasteiger partial charge is 0.181 e. The third-order valence-electron chi connectivity index (χ3n) is 2.11. The molecule has 1 aliphatic heterocycles. The van der Waals surface area contributed by atoms with Crippen LogP contribution in [-0.4, -0.2) is 26.5 Å². The highest BCUT2D eigenvalue weighted by Crippen LogP contribution is 2.17. The quantitative estimate of drug-likeness (QED) is 0.753. The lowest BCUT2D eigenvalue weighted by atomic mass is 10.3. The summed E-state index contributed by atoms with van der Waals surface area (Å²) in [5, 5.41) is 0. The van der Waals surface area contributed by atoms with Crippen LogP contribution in [0.5, 0.6) is 0 Å². The van der Waals surface area contributed by atoms with E-state index in [1.54, 1.807) is 6.20 Å². The zero-order chi connectivity index (χ0) is 10.1. The predicted molar refractivity (Wildman–Crippen MR) is 54.8 cm³/mol. The molecule has 0 aromatic carbocycles. The van der Waals surface area contributed by atoms with E-state index >= 15 is 0 Å². The summed E-state index contributed by atoms with van der Waals surface area (Å²) in [6, 6.07) is 0. The number of hydrogen-bond donors (Lipinski definition) is 1. The molecule has 0 fully saturated rings. The highest BCUT2D eigenvalue weighted by molar-refractivity contribution is 5.73. The van der Waals surface area contributed by atoms with E-state index in [-0.39, 0.29) is 0 Å². The number of ether oxygens (including phenoxy) is 1. The highest BCUT2D eigenvalue weighted by Gasteiger charge is 2.10. The van der Waals surface area contributed by atoms with Crippen molar-refractivity contribution in [1.82, 2.24) is 19.9 Å². The summed E-state index contributed by atoms with van der Waals surface area (Å²) >= 11 is 0. The second-order valence-corrected chi connectivity index (χ2v) is 3.12. The number of fused-ring (bicyclic) bond motifs is 1. The lowest BCUT2D eigenvalue weighted by Crippen LogP contribution is -1.97. The molecule has 0 radical (unpaired) electrons. The molecule has 74 valence electrons. The fourth-order valence-corrected chi connectivity index (χ4v) is 1.42. The number of allylic oxidation sites excluding steroid dienone is 2. The first-order valence-corrected chi connectivity index (χ1v) is 4.59. The molecule has 0 saturated heterocycles. The van der Waals surface area contributed by atoms with Gasteiger partial charge in [-0.25, -0.2) is 15.0 Å². The molecular formula is C10H8N4O. The van der Waals surface area contributed by atoms with Crippen LogP contribution in [0.25, 0.3) is 16.9 Å². The van der Waals surface area contributed by atoms with Crippen molar-refractivity contribution >= 4 is 16.9 Å². The summed E-state index contributed by atoms with van der Waals surface area (Å²) in [5.74, 6) is 1.42. The minimum atomic E-state index is 0.578. The molecule has 0 aliphatic carbocycles. The van der Waals surface area contributed by atoms with Crippen molar-refractivity contribution in [3.05, 3.63) is 36.6 Å². The highest BCUT2D eigenvalue weighted by atomic mass is 16.5. The van der Waals surface area contributed by atoms with Crippen LogP contribution in [0.1, 0.15) is 5.82 Å². The Labute approximate surface area is 85.5 Å². The monoisotopic (exact) mass is 200 g/mol. The van der Waals surface area contributed by atoms with E-state index in [0.717, 1.165) is 11.3 Å². The van der Waals surface area contributed by atoms with Crippen LogP contribution in [-0.2, 0) is 4.74 Å². The Hall–Kier alpha value is -2.17. The molecule has 3 heterocycles. The van der Waals surface area contributed by atoms with Gasteiger partial charge in [0.05, 0.1) is 6.20 Å². The fraction of sp³-hybridized carbons (Fsp3) is 0.100. The SMILES string of the molecule is C1=CCOC(c2nc3ncncc3[nH]2)=C1. The van der Waals surface area contributed by atoms with Gasteiger partial charge in [-0.15, -0.1) is 0 Å². The molecule has 0 spiro atoms. The molecule has 15 heavy (non-hydrogen) atoms. The van der Waals surface area contributed by atoms with Gasteiger partial charge in [0, 0.05) is 0 Å². The van der Waals surface area contributed by atoms with Crippen molar-refractivity contribution in [3.8, 4) is 0 Å². The van der Waals surface area contributed by atoms with Crippen LogP contribution >= 0.6 is 0 Å². The van der Waals surface area contributed by atoms with Crippen LogP contribution in [0.4, 0.5) is 0 Å². The second kappa shape index (κ2) is 3.20. The predicted octanol–water partition coefficient (Wildman–Crippen LogP) is 1.28. The minimum Gasteiger partial charge on any atom is -0.486 e. The van der Waals surface area contributed by atoms with Gasteiger partial charge in [0.25, 0.3) is 0 Å². The van der Waals surface area contributed by atoms with Crippen molar-refractivity contribution in [2.45, 2.75) is 0 Å². The molecule has 3 rings (SSSR count). The van der Waals surface area contributed by atoms with E-state index in [2.05, 4.69) is 19.9 Å². The molecule has 5 nitrogen and oxygen atoms in total. The van der Waals surface area contributed by atoms with Gasteiger partial charge in [-0.05, 0) is 12.2 Å². The first-order chi connectivity index (χ1) is 7.43. The maximum Gasteiger partial charge on any atom is 0.181 e. The van der Waals surface area contributed by atoms with Crippen molar-refractivity contribution in [3.63, 3.8) is 0 Å². The number of rotatable bonds is 1. The molecular weight excluding hydrogens is 192 g/mol. The van der Waals surface area contributed by atoms with Crippen LogP contribution < -0.4 is 0 Å². The molecule has 5 heteroatoms. The van der Waals surface area contributed by atoms with Gasteiger partial charge < -0.3 is 9.72 Å². The normalized spacial score (nSPS) is 15.1. The summed E-state index contributed by atoms with van der Waals surface area (Å²) in [6.07, 6.45) is 8.92. The van der Waals surface area contributed by atoms with E-state index in [4.69, 9.17) is 4.74 Å². The molecule has 0 unspecified atom stereocenters. The molecule has 1 N–H and O–H groups in total. The molecule has 0 saturated carbocycles. The standard InChI is InChI=1S/C10H8N4O/c1-2-4-15-8(3-1)10-13-7-5-11-6-12-9(7)14-10/h1-3,5-6H,4H2,(H,11,12,13,14). The average Bonchev–Trinajstić information content (AvgIpc) is 2.74. The van der Waals surface area contributed by atoms with Gasteiger partial charge in [0.15, 0.2) is 17.2 Å². The number of imidazole rings is 1. The summed E-state index contributed by atoms with van der Waals surface area (Å²) in [6.45, 7) is 0.578. The van der Waals surface area contributed by atoms with Gasteiger partial charge in [-0.2, -0.15) is 0 Å². The maximum atomic E-state index is 5.43. The average molecular weight is 200 g/mol. The molecule has 0 bridgehead atoms. The van der Waals surface area contributed by atoms with Gasteiger partial charge in [-0.3, -0.25) is 0 Å². The Morgan fingerprint density at radius 2 is 2.40 bits per heavy atom. The van der Waals surface area contributed by atoms with Crippen molar-refractivity contribution in [2.24, 2.45) is 0 Å². The molecule has 2 aromatic heterocycles. The van der Waals surface area contributed by atoms with Gasteiger partial charge in [0.2, 0.25) is 0 Å². The number of nitrogens with zero attached hydrogens (tertiary/aromatic N) is 3. The van der Waals surface area contributed by atoms with Crippen molar-refractivity contribution in [1.29, 1.82) is 0 Å². The molecule has 0 amide bonds. The third kappa shape index (κ3) is 1.38. The number of nitrogens with one attached hydrogen (secondary N) is 1. The van der Waals surface area contributed by atoms with E-state index in [9.17, 15) is 0 Å². The second-order valence-electron chi connectivity index (χ2n) is 3.12. The fourth-order valence-electron chi connectivity index (χ4n) is 1.42.